The summed E-state index contributed by atoms with van der Waals surface area (Å²) in [6.07, 6.45) is 1.36. The van der Waals surface area contributed by atoms with Crippen molar-refractivity contribution in [1.82, 2.24) is 5.32 Å². The third kappa shape index (κ3) is 4.40. The molecule has 0 radical (unpaired) electrons. The van der Waals surface area contributed by atoms with E-state index in [9.17, 15) is 19.2 Å². The fraction of sp³-hybridized carbons (Fsp3) is 0.182. The van der Waals surface area contributed by atoms with Crippen LogP contribution in [-0.2, 0) is 14.3 Å². The van der Waals surface area contributed by atoms with Crippen molar-refractivity contribution in [3.63, 3.8) is 0 Å². The quantitative estimate of drug-likeness (QED) is 0.431. The van der Waals surface area contributed by atoms with Gasteiger partial charge in [-0.2, -0.15) is 0 Å². The summed E-state index contributed by atoms with van der Waals surface area (Å²) in [5, 5.41) is 2.15. The number of methoxy groups -OCH3 is 2. The summed E-state index contributed by atoms with van der Waals surface area (Å²) in [7, 11) is 2.72. The maximum absolute atomic E-state index is 13.0. The first-order chi connectivity index (χ1) is 14.9. The van der Waals surface area contributed by atoms with E-state index in [1.807, 2.05) is 6.92 Å². The molecule has 1 saturated heterocycles. The molecule has 2 aromatic rings. The van der Waals surface area contributed by atoms with E-state index >= 15 is 0 Å². The van der Waals surface area contributed by atoms with Crippen molar-refractivity contribution in [3.05, 3.63) is 59.2 Å². The van der Waals surface area contributed by atoms with Crippen LogP contribution in [0.15, 0.2) is 48.0 Å². The molecule has 0 atom stereocenters. The summed E-state index contributed by atoms with van der Waals surface area (Å²) in [5.74, 6) is -1.21. The molecular formula is C22H20N2O7. The van der Waals surface area contributed by atoms with Crippen LogP contribution in [0.2, 0.25) is 0 Å². The second-order valence-electron chi connectivity index (χ2n) is 6.34. The minimum Gasteiger partial charge on any atom is -0.493 e. The van der Waals surface area contributed by atoms with Crippen LogP contribution in [0, 0.1) is 0 Å². The van der Waals surface area contributed by atoms with Gasteiger partial charge in [0.15, 0.2) is 11.5 Å². The predicted octanol–water partition coefficient (Wildman–Crippen LogP) is 2.55. The molecule has 0 bridgehead atoms. The first-order valence-electron chi connectivity index (χ1n) is 9.30. The van der Waals surface area contributed by atoms with Crippen LogP contribution in [0.1, 0.15) is 22.8 Å². The minimum absolute atomic E-state index is 0.192. The molecule has 0 aliphatic carbocycles. The number of benzene rings is 2. The summed E-state index contributed by atoms with van der Waals surface area (Å²) >= 11 is 0. The number of rotatable bonds is 6. The SMILES string of the molecule is CCOc1ccc(/C=C2\C(=O)NC(=O)N(c3ccc(C(=O)OC)cc3)C2=O)cc1OC. The molecule has 160 valence electrons. The van der Waals surface area contributed by atoms with Gasteiger partial charge >= 0.3 is 12.0 Å². The zero-order valence-corrected chi connectivity index (χ0v) is 17.1. The van der Waals surface area contributed by atoms with Gasteiger partial charge in [0.25, 0.3) is 11.8 Å². The smallest absolute Gasteiger partial charge is 0.337 e. The van der Waals surface area contributed by atoms with Crippen molar-refractivity contribution in [2.24, 2.45) is 0 Å². The zero-order valence-electron chi connectivity index (χ0n) is 17.1. The summed E-state index contributed by atoms with van der Waals surface area (Å²) in [6, 6.07) is 9.71. The monoisotopic (exact) mass is 424 g/mol. The molecule has 4 amide bonds. The predicted molar refractivity (Wildman–Crippen MR) is 111 cm³/mol. The van der Waals surface area contributed by atoms with Crippen LogP contribution in [0.3, 0.4) is 0 Å². The Bertz CT molecular complexity index is 1070. The van der Waals surface area contributed by atoms with E-state index in [-0.39, 0.29) is 16.8 Å². The van der Waals surface area contributed by atoms with Gasteiger partial charge in [-0.05, 0) is 55.0 Å². The maximum atomic E-state index is 13.0. The molecule has 3 rings (SSSR count). The lowest BCUT2D eigenvalue weighted by atomic mass is 10.1. The second kappa shape index (κ2) is 9.12. The first-order valence-corrected chi connectivity index (χ1v) is 9.30. The van der Waals surface area contributed by atoms with Crippen LogP contribution < -0.4 is 19.7 Å². The fourth-order valence-corrected chi connectivity index (χ4v) is 2.97. The molecule has 0 aromatic heterocycles. The number of barbiturate groups is 1. The van der Waals surface area contributed by atoms with Crippen LogP contribution in [0.4, 0.5) is 10.5 Å². The third-order valence-electron chi connectivity index (χ3n) is 4.45. The van der Waals surface area contributed by atoms with Gasteiger partial charge in [0.1, 0.15) is 5.57 Å². The molecule has 0 saturated carbocycles. The van der Waals surface area contributed by atoms with Gasteiger partial charge in [0.2, 0.25) is 0 Å². The van der Waals surface area contributed by atoms with Gasteiger partial charge < -0.3 is 14.2 Å². The first kappa shape index (κ1) is 21.6. The number of nitrogens with zero attached hydrogens (tertiary/aromatic N) is 1. The standard InChI is InChI=1S/C22H20N2O7/c1-4-31-17-10-5-13(12-18(17)29-2)11-16-19(25)23-22(28)24(20(16)26)15-8-6-14(7-9-15)21(27)30-3/h5-12H,4H2,1-3H3,(H,23,25,28)/b16-11+. The number of carbonyl (C=O) groups is 4. The van der Waals surface area contributed by atoms with Gasteiger partial charge in [-0.15, -0.1) is 0 Å². The number of esters is 1. The van der Waals surface area contributed by atoms with E-state index in [0.29, 0.717) is 23.7 Å². The number of anilines is 1. The normalized spacial score (nSPS) is 15.0. The van der Waals surface area contributed by atoms with E-state index in [0.717, 1.165) is 4.90 Å². The van der Waals surface area contributed by atoms with Crippen LogP contribution in [0.25, 0.3) is 6.08 Å². The molecule has 9 nitrogen and oxygen atoms in total. The van der Waals surface area contributed by atoms with Gasteiger partial charge in [0, 0.05) is 0 Å². The molecule has 0 unspecified atom stereocenters. The Labute approximate surface area is 178 Å². The molecule has 1 fully saturated rings. The summed E-state index contributed by atoms with van der Waals surface area (Å²) < 4.78 is 15.4. The molecule has 0 spiro atoms. The lowest BCUT2D eigenvalue weighted by molar-refractivity contribution is -0.122. The highest BCUT2D eigenvalue weighted by Gasteiger charge is 2.36. The Balaban J connectivity index is 1.95. The molecule has 1 N–H and O–H groups in total. The number of urea groups is 1. The zero-order chi connectivity index (χ0) is 22.5. The summed E-state index contributed by atoms with van der Waals surface area (Å²) in [5.41, 5.74) is 0.722. The highest BCUT2D eigenvalue weighted by atomic mass is 16.5. The maximum Gasteiger partial charge on any atom is 0.337 e. The van der Waals surface area contributed by atoms with E-state index < -0.39 is 23.8 Å². The Morgan fingerprint density at radius 3 is 2.35 bits per heavy atom. The third-order valence-corrected chi connectivity index (χ3v) is 4.45. The molecule has 2 aromatic carbocycles. The number of hydrogen-bond acceptors (Lipinski definition) is 7. The molecule has 31 heavy (non-hydrogen) atoms. The van der Waals surface area contributed by atoms with Crippen molar-refractivity contribution in [2.75, 3.05) is 25.7 Å². The Hall–Kier alpha value is -4.14. The Morgan fingerprint density at radius 1 is 1.03 bits per heavy atom. The van der Waals surface area contributed by atoms with Gasteiger partial charge in [-0.1, -0.05) is 6.07 Å². The molecule has 9 heteroatoms. The second-order valence-corrected chi connectivity index (χ2v) is 6.34. The lowest BCUT2D eigenvalue weighted by Crippen LogP contribution is -2.54. The number of imide groups is 2. The average molecular weight is 424 g/mol. The lowest BCUT2D eigenvalue weighted by Gasteiger charge is -2.26. The number of carbonyl (C=O) groups excluding carboxylic acids is 4. The van der Waals surface area contributed by atoms with E-state index in [1.165, 1.54) is 44.6 Å². The van der Waals surface area contributed by atoms with Crippen LogP contribution in [-0.4, -0.2) is 44.6 Å². The Kier molecular flexibility index (Phi) is 6.35. The number of nitrogens with one attached hydrogen (secondary N) is 1. The van der Waals surface area contributed by atoms with Crippen molar-refractivity contribution < 1.29 is 33.4 Å². The van der Waals surface area contributed by atoms with E-state index in [4.69, 9.17) is 9.47 Å². The molecule has 1 heterocycles. The van der Waals surface area contributed by atoms with E-state index in [1.54, 1.807) is 18.2 Å². The molecule has 1 aliphatic rings. The number of hydrogen-bond donors (Lipinski definition) is 1. The highest BCUT2D eigenvalue weighted by Crippen LogP contribution is 2.30. The highest BCUT2D eigenvalue weighted by molar-refractivity contribution is 6.39. The minimum atomic E-state index is -0.887. The van der Waals surface area contributed by atoms with E-state index in [2.05, 4.69) is 10.1 Å². The van der Waals surface area contributed by atoms with Crippen molar-refractivity contribution in [2.45, 2.75) is 6.92 Å². The van der Waals surface area contributed by atoms with Crippen molar-refractivity contribution >= 4 is 35.6 Å². The van der Waals surface area contributed by atoms with Crippen molar-refractivity contribution in [1.29, 1.82) is 0 Å². The topological polar surface area (TPSA) is 111 Å². The largest absolute Gasteiger partial charge is 0.493 e. The number of amides is 4. The molecule has 1 aliphatic heterocycles. The number of ether oxygens (including phenoxy) is 3. The fourth-order valence-electron chi connectivity index (χ4n) is 2.97. The van der Waals surface area contributed by atoms with Gasteiger partial charge in [0.05, 0.1) is 32.1 Å². The van der Waals surface area contributed by atoms with Gasteiger partial charge in [-0.25, -0.2) is 14.5 Å². The molecular weight excluding hydrogens is 404 g/mol. The van der Waals surface area contributed by atoms with Crippen LogP contribution >= 0.6 is 0 Å². The average Bonchev–Trinajstić information content (AvgIpc) is 2.77. The van der Waals surface area contributed by atoms with Gasteiger partial charge in [-0.3, -0.25) is 14.9 Å². The van der Waals surface area contributed by atoms with Crippen LogP contribution in [0.5, 0.6) is 11.5 Å². The summed E-state index contributed by atoms with van der Waals surface area (Å²) in [4.78, 5) is 50.0. The van der Waals surface area contributed by atoms with Crippen molar-refractivity contribution in [3.8, 4) is 11.5 Å². The summed E-state index contributed by atoms with van der Waals surface area (Å²) in [6.45, 7) is 2.28. The Morgan fingerprint density at radius 2 is 1.74 bits per heavy atom.